The Morgan fingerprint density at radius 1 is 1.45 bits per heavy atom. The molecule has 106 valence electrons. The van der Waals surface area contributed by atoms with Gasteiger partial charge in [0.15, 0.2) is 0 Å². The molecule has 2 aromatic rings. The van der Waals surface area contributed by atoms with E-state index in [1.165, 1.54) is 0 Å². The molecule has 0 amide bonds. The largest absolute Gasteiger partial charge is 0.376 e. The number of para-hydroxylation sites is 1. The maximum atomic E-state index is 12.1. The zero-order valence-electron chi connectivity index (χ0n) is 11.8. The highest BCUT2D eigenvalue weighted by molar-refractivity contribution is 5.77. The maximum absolute atomic E-state index is 12.1. The van der Waals surface area contributed by atoms with Crippen LogP contribution in [0, 0.1) is 0 Å². The number of hydrogen-bond acceptors (Lipinski definition) is 4. The second kappa shape index (κ2) is 5.34. The number of fused-ring (bicyclic) bond motifs is 1. The third-order valence-corrected chi connectivity index (χ3v) is 3.85. The highest BCUT2D eigenvalue weighted by atomic mass is 16.5. The van der Waals surface area contributed by atoms with Crippen molar-refractivity contribution < 1.29 is 4.74 Å². The Hall–Kier alpha value is -1.72. The van der Waals surface area contributed by atoms with Crippen LogP contribution in [0.4, 0.5) is 0 Å². The van der Waals surface area contributed by atoms with Crippen molar-refractivity contribution in [2.24, 2.45) is 0 Å². The molecule has 1 aliphatic heterocycles. The molecule has 1 N–H and O–H groups in total. The van der Waals surface area contributed by atoms with Crippen LogP contribution >= 0.6 is 0 Å². The first-order valence-electron chi connectivity index (χ1n) is 7.00. The Morgan fingerprint density at radius 2 is 2.25 bits per heavy atom. The van der Waals surface area contributed by atoms with E-state index in [0.29, 0.717) is 5.39 Å². The summed E-state index contributed by atoms with van der Waals surface area (Å²) < 4.78 is 5.55. The van der Waals surface area contributed by atoms with Gasteiger partial charge in [-0.05, 0) is 26.0 Å². The maximum Gasteiger partial charge on any atom is 0.258 e. The number of nitrogens with zero attached hydrogens (tertiary/aromatic N) is 2. The van der Waals surface area contributed by atoms with E-state index in [1.807, 2.05) is 18.2 Å². The van der Waals surface area contributed by atoms with Gasteiger partial charge in [0, 0.05) is 13.1 Å². The molecule has 2 heterocycles. The van der Waals surface area contributed by atoms with E-state index < -0.39 is 0 Å². The average Bonchev–Trinajstić information content (AvgIpc) is 2.46. The van der Waals surface area contributed by atoms with E-state index in [-0.39, 0.29) is 17.7 Å². The minimum atomic E-state index is -0.0706. The Balaban J connectivity index is 1.95. The summed E-state index contributed by atoms with van der Waals surface area (Å²) >= 11 is 0. The third kappa shape index (κ3) is 2.46. The molecule has 0 saturated carbocycles. The van der Waals surface area contributed by atoms with Gasteiger partial charge < -0.3 is 9.72 Å². The number of morpholine rings is 1. The molecule has 0 spiro atoms. The average molecular weight is 273 g/mol. The predicted molar refractivity (Wildman–Crippen MR) is 77.8 cm³/mol. The molecule has 20 heavy (non-hydrogen) atoms. The summed E-state index contributed by atoms with van der Waals surface area (Å²) in [6.45, 7) is 6.59. The van der Waals surface area contributed by atoms with Gasteiger partial charge in [-0.1, -0.05) is 12.1 Å². The zero-order valence-corrected chi connectivity index (χ0v) is 11.8. The summed E-state index contributed by atoms with van der Waals surface area (Å²) in [6.07, 6.45) is 0.221. The van der Waals surface area contributed by atoms with Gasteiger partial charge >= 0.3 is 0 Å². The first-order valence-corrected chi connectivity index (χ1v) is 7.00. The lowest BCUT2D eigenvalue weighted by atomic mass is 10.2. The molecule has 0 aliphatic carbocycles. The first-order chi connectivity index (χ1) is 9.65. The van der Waals surface area contributed by atoms with Gasteiger partial charge in [-0.2, -0.15) is 0 Å². The molecule has 0 unspecified atom stereocenters. The van der Waals surface area contributed by atoms with E-state index in [4.69, 9.17) is 4.74 Å². The van der Waals surface area contributed by atoms with Crippen molar-refractivity contribution in [2.45, 2.75) is 26.0 Å². The second-order valence-electron chi connectivity index (χ2n) is 5.32. The summed E-state index contributed by atoms with van der Waals surface area (Å²) in [5.41, 5.74) is 0.679. The quantitative estimate of drug-likeness (QED) is 0.905. The molecule has 0 bridgehead atoms. The summed E-state index contributed by atoms with van der Waals surface area (Å²) in [5, 5.41) is 0.638. The highest BCUT2D eigenvalue weighted by Gasteiger charge is 2.24. The SMILES string of the molecule is C[C@H]1CN([C@@H](C)c2nc3ccccc3c(=O)[nH]2)CCO1. The first kappa shape index (κ1) is 13.3. The summed E-state index contributed by atoms with van der Waals surface area (Å²) in [5.74, 6) is 0.725. The van der Waals surface area contributed by atoms with Gasteiger partial charge in [0.05, 0.1) is 29.7 Å². The smallest absolute Gasteiger partial charge is 0.258 e. The van der Waals surface area contributed by atoms with Crippen molar-refractivity contribution in [3.8, 4) is 0 Å². The molecule has 3 rings (SSSR count). The zero-order chi connectivity index (χ0) is 14.1. The molecular weight excluding hydrogens is 254 g/mol. The number of aromatic amines is 1. The van der Waals surface area contributed by atoms with Crippen LogP contribution in [-0.2, 0) is 4.74 Å². The van der Waals surface area contributed by atoms with E-state index >= 15 is 0 Å². The van der Waals surface area contributed by atoms with Gasteiger partial charge in [0.2, 0.25) is 0 Å². The Kier molecular flexibility index (Phi) is 3.54. The fourth-order valence-electron chi connectivity index (χ4n) is 2.67. The van der Waals surface area contributed by atoms with Crippen molar-refractivity contribution >= 4 is 10.9 Å². The fraction of sp³-hybridized carbons (Fsp3) is 0.467. The lowest BCUT2D eigenvalue weighted by Crippen LogP contribution is -2.43. The van der Waals surface area contributed by atoms with Crippen molar-refractivity contribution in [1.29, 1.82) is 0 Å². The summed E-state index contributed by atoms with van der Waals surface area (Å²) in [6, 6.07) is 7.51. The van der Waals surface area contributed by atoms with Gasteiger partial charge in [0.25, 0.3) is 5.56 Å². The summed E-state index contributed by atoms with van der Waals surface area (Å²) in [4.78, 5) is 21.9. The van der Waals surface area contributed by atoms with Gasteiger partial charge in [-0.15, -0.1) is 0 Å². The number of nitrogens with one attached hydrogen (secondary N) is 1. The number of H-pyrrole nitrogens is 1. The molecule has 5 nitrogen and oxygen atoms in total. The monoisotopic (exact) mass is 273 g/mol. The van der Waals surface area contributed by atoms with Crippen LogP contribution in [0.2, 0.25) is 0 Å². The Bertz CT molecular complexity index is 667. The Morgan fingerprint density at radius 3 is 3.05 bits per heavy atom. The Labute approximate surface area is 117 Å². The number of benzene rings is 1. The fourth-order valence-corrected chi connectivity index (χ4v) is 2.67. The molecule has 1 aliphatic rings. The number of rotatable bonds is 2. The van der Waals surface area contributed by atoms with Crippen LogP contribution in [0.3, 0.4) is 0 Å². The van der Waals surface area contributed by atoms with Crippen LogP contribution in [0.5, 0.6) is 0 Å². The van der Waals surface area contributed by atoms with E-state index in [1.54, 1.807) is 6.07 Å². The molecule has 0 radical (unpaired) electrons. The summed E-state index contributed by atoms with van der Waals surface area (Å²) in [7, 11) is 0. The number of aromatic nitrogens is 2. The van der Waals surface area contributed by atoms with Crippen LogP contribution in [-0.4, -0.2) is 40.7 Å². The van der Waals surface area contributed by atoms with E-state index in [9.17, 15) is 4.79 Å². The molecular formula is C15H19N3O2. The van der Waals surface area contributed by atoms with Crippen LogP contribution in [0.25, 0.3) is 10.9 Å². The highest BCUT2D eigenvalue weighted by Crippen LogP contribution is 2.20. The minimum absolute atomic E-state index is 0.0706. The predicted octanol–water partition coefficient (Wildman–Crippen LogP) is 1.70. The van der Waals surface area contributed by atoms with Crippen LogP contribution in [0.15, 0.2) is 29.1 Å². The molecule has 1 fully saturated rings. The lowest BCUT2D eigenvalue weighted by molar-refractivity contribution is -0.0330. The molecule has 1 aromatic heterocycles. The van der Waals surface area contributed by atoms with E-state index in [0.717, 1.165) is 31.0 Å². The number of hydrogen-bond donors (Lipinski definition) is 1. The molecule has 1 saturated heterocycles. The normalized spacial score (nSPS) is 22.0. The lowest BCUT2D eigenvalue weighted by Gasteiger charge is -2.34. The van der Waals surface area contributed by atoms with Crippen LogP contribution < -0.4 is 5.56 Å². The van der Waals surface area contributed by atoms with Crippen molar-refractivity contribution in [3.63, 3.8) is 0 Å². The van der Waals surface area contributed by atoms with Crippen molar-refractivity contribution in [2.75, 3.05) is 19.7 Å². The molecule has 5 heteroatoms. The molecule has 1 aromatic carbocycles. The van der Waals surface area contributed by atoms with Gasteiger partial charge in [-0.25, -0.2) is 4.98 Å². The van der Waals surface area contributed by atoms with Gasteiger partial charge in [0.1, 0.15) is 5.82 Å². The minimum Gasteiger partial charge on any atom is -0.376 e. The third-order valence-electron chi connectivity index (χ3n) is 3.85. The van der Waals surface area contributed by atoms with Gasteiger partial charge in [-0.3, -0.25) is 9.69 Å². The molecule has 2 atom stereocenters. The number of ether oxygens (including phenoxy) is 1. The standard InChI is InChI=1S/C15H19N3O2/c1-10-9-18(7-8-20-10)11(2)14-16-13-6-4-3-5-12(13)15(19)17-14/h3-6,10-11H,7-9H2,1-2H3,(H,16,17,19)/t10-,11-/m0/s1. The van der Waals surface area contributed by atoms with E-state index in [2.05, 4.69) is 28.7 Å². The van der Waals surface area contributed by atoms with Crippen molar-refractivity contribution in [3.05, 3.63) is 40.4 Å². The topological polar surface area (TPSA) is 58.2 Å². The second-order valence-corrected chi connectivity index (χ2v) is 5.32. The van der Waals surface area contributed by atoms with Crippen LogP contribution in [0.1, 0.15) is 25.7 Å². The van der Waals surface area contributed by atoms with Crippen molar-refractivity contribution in [1.82, 2.24) is 14.9 Å².